The van der Waals surface area contributed by atoms with Crippen LogP contribution in [-0.4, -0.2) is 6.04 Å². The average molecular weight is 169 g/mol. The van der Waals surface area contributed by atoms with Crippen LogP contribution in [0, 0.1) is 11.8 Å². The second-order valence-corrected chi connectivity index (χ2v) is 4.78. The Morgan fingerprint density at radius 2 is 1.83 bits per heavy atom. The Bertz CT molecular complexity index is 114. The average Bonchev–Trinajstić information content (AvgIpc) is 2.37. The molecule has 1 rings (SSSR count). The van der Waals surface area contributed by atoms with E-state index in [2.05, 4.69) is 13.8 Å². The fraction of sp³-hybridized carbons (Fsp3) is 1.00. The first-order valence-electron chi connectivity index (χ1n) is 5.44. The van der Waals surface area contributed by atoms with Crippen LogP contribution in [0.1, 0.15) is 52.4 Å². The number of nitrogens with two attached hydrogens (primary N) is 1. The molecular formula is C11H23N. The number of rotatable bonds is 4. The molecule has 1 unspecified atom stereocenters. The molecule has 0 bridgehead atoms. The summed E-state index contributed by atoms with van der Waals surface area (Å²) >= 11 is 0. The molecule has 0 spiro atoms. The lowest BCUT2D eigenvalue weighted by Crippen LogP contribution is -2.24. The summed E-state index contributed by atoms with van der Waals surface area (Å²) in [7, 11) is 0. The zero-order chi connectivity index (χ0) is 8.97. The van der Waals surface area contributed by atoms with Crippen molar-refractivity contribution in [3.8, 4) is 0 Å². The van der Waals surface area contributed by atoms with Gasteiger partial charge < -0.3 is 5.73 Å². The first-order valence-corrected chi connectivity index (χ1v) is 5.44. The van der Waals surface area contributed by atoms with Crippen molar-refractivity contribution in [2.75, 3.05) is 0 Å². The molecule has 0 aliphatic heterocycles. The third kappa shape index (κ3) is 3.57. The summed E-state index contributed by atoms with van der Waals surface area (Å²) in [6.45, 7) is 4.52. The van der Waals surface area contributed by atoms with E-state index in [4.69, 9.17) is 5.73 Å². The highest BCUT2D eigenvalue weighted by molar-refractivity contribution is 4.73. The predicted octanol–water partition coefficient (Wildman–Crippen LogP) is 2.94. The summed E-state index contributed by atoms with van der Waals surface area (Å²) in [6, 6.07) is 0.466. The van der Waals surface area contributed by atoms with Gasteiger partial charge in [0.2, 0.25) is 0 Å². The molecule has 0 saturated heterocycles. The topological polar surface area (TPSA) is 26.0 Å². The Morgan fingerprint density at radius 3 is 2.33 bits per heavy atom. The molecule has 0 radical (unpaired) electrons. The molecule has 0 heterocycles. The lowest BCUT2D eigenvalue weighted by atomic mass is 9.93. The van der Waals surface area contributed by atoms with E-state index in [-0.39, 0.29) is 0 Å². The third-order valence-electron chi connectivity index (χ3n) is 2.88. The minimum Gasteiger partial charge on any atom is -0.328 e. The van der Waals surface area contributed by atoms with Gasteiger partial charge >= 0.3 is 0 Å². The SMILES string of the molecule is CC(C)CC(N)CC1CCCC1. The maximum absolute atomic E-state index is 6.05. The normalized spacial score (nSPS) is 22.0. The Hall–Kier alpha value is -0.0400. The summed E-state index contributed by atoms with van der Waals surface area (Å²) in [5.74, 6) is 1.72. The third-order valence-corrected chi connectivity index (χ3v) is 2.88. The van der Waals surface area contributed by atoms with Gasteiger partial charge in [-0.25, -0.2) is 0 Å². The van der Waals surface area contributed by atoms with Crippen molar-refractivity contribution >= 4 is 0 Å². The highest BCUT2D eigenvalue weighted by Gasteiger charge is 2.18. The molecule has 1 atom stereocenters. The molecule has 1 fully saturated rings. The second kappa shape index (κ2) is 4.86. The van der Waals surface area contributed by atoms with Crippen LogP contribution in [0.5, 0.6) is 0 Å². The standard InChI is InChI=1S/C11H23N/c1-9(2)7-11(12)8-10-5-3-4-6-10/h9-11H,3-8,12H2,1-2H3. The molecule has 1 saturated carbocycles. The Balaban J connectivity index is 2.11. The van der Waals surface area contributed by atoms with Crippen LogP contribution in [0.3, 0.4) is 0 Å². The van der Waals surface area contributed by atoms with Gasteiger partial charge in [0.25, 0.3) is 0 Å². The van der Waals surface area contributed by atoms with E-state index in [0.29, 0.717) is 6.04 Å². The van der Waals surface area contributed by atoms with E-state index in [1.165, 1.54) is 38.5 Å². The molecule has 1 heteroatoms. The van der Waals surface area contributed by atoms with E-state index in [1.54, 1.807) is 0 Å². The number of hydrogen-bond donors (Lipinski definition) is 1. The minimum absolute atomic E-state index is 0.466. The monoisotopic (exact) mass is 169 g/mol. The van der Waals surface area contributed by atoms with Gasteiger partial charge in [0.05, 0.1) is 0 Å². The first kappa shape index (κ1) is 10.0. The Morgan fingerprint density at radius 1 is 1.25 bits per heavy atom. The molecule has 1 nitrogen and oxygen atoms in total. The second-order valence-electron chi connectivity index (χ2n) is 4.78. The van der Waals surface area contributed by atoms with Crippen LogP contribution in [0.4, 0.5) is 0 Å². The van der Waals surface area contributed by atoms with Crippen LogP contribution >= 0.6 is 0 Å². The summed E-state index contributed by atoms with van der Waals surface area (Å²) in [4.78, 5) is 0. The minimum atomic E-state index is 0.466. The van der Waals surface area contributed by atoms with Crippen LogP contribution in [0.15, 0.2) is 0 Å². The lowest BCUT2D eigenvalue weighted by Gasteiger charge is -2.17. The van der Waals surface area contributed by atoms with Gasteiger partial charge in [-0.2, -0.15) is 0 Å². The van der Waals surface area contributed by atoms with E-state index in [1.807, 2.05) is 0 Å². The van der Waals surface area contributed by atoms with E-state index in [9.17, 15) is 0 Å². The van der Waals surface area contributed by atoms with Crippen LogP contribution in [-0.2, 0) is 0 Å². The maximum atomic E-state index is 6.05. The largest absolute Gasteiger partial charge is 0.328 e. The number of hydrogen-bond acceptors (Lipinski definition) is 1. The Kier molecular flexibility index (Phi) is 4.07. The summed E-state index contributed by atoms with van der Waals surface area (Å²) < 4.78 is 0. The summed E-state index contributed by atoms with van der Waals surface area (Å²) in [5.41, 5.74) is 6.05. The van der Waals surface area contributed by atoms with E-state index < -0.39 is 0 Å². The molecule has 1 aliphatic carbocycles. The van der Waals surface area contributed by atoms with Crippen molar-refractivity contribution in [2.45, 2.75) is 58.4 Å². The van der Waals surface area contributed by atoms with Crippen LogP contribution in [0.2, 0.25) is 0 Å². The van der Waals surface area contributed by atoms with Gasteiger partial charge in [-0.3, -0.25) is 0 Å². The van der Waals surface area contributed by atoms with Gasteiger partial charge in [0.1, 0.15) is 0 Å². The summed E-state index contributed by atoms with van der Waals surface area (Å²) in [6.07, 6.45) is 8.24. The molecule has 2 N–H and O–H groups in total. The highest BCUT2D eigenvalue weighted by atomic mass is 14.6. The van der Waals surface area contributed by atoms with Gasteiger partial charge in [0.15, 0.2) is 0 Å². The van der Waals surface area contributed by atoms with Crippen molar-refractivity contribution in [1.82, 2.24) is 0 Å². The molecule has 0 aromatic carbocycles. The predicted molar refractivity (Wildman–Crippen MR) is 54.0 cm³/mol. The van der Waals surface area contributed by atoms with Crippen molar-refractivity contribution in [3.05, 3.63) is 0 Å². The van der Waals surface area contributed by atoms with Gasteiger partial charge in [-0.1, -0.05) is 39.5 Å². The fourth-order valence-electron chi connectivity index (χ4n) is 2.38. The van der Waals surface area contributed by atoms with Crippen LogP contribution in [0.25, 0.3) is 0 Å². The molecule has 0 amide bonds. The molecule has 1 aliphatic rings. The lowest BCUT2D eigenvalue weighted by molar-refractivity contribution is 0.393. The van der Waals surface area contributed by atoms with E-state index >= 15 is 0 Å². The van der Waals surface area contributed by atoms with Gasteiger partial charge in [-0.05, 0) is 24.7 Å². The maximum Gasteiger partial charge on any atom is 0.00439 e. The van der Waals surface area contributed by atoms with Gasteiger partial charge in [0, 0.05) is 6.04 Å². The molecule has 0 aromatic rings. The van der Waals surface area contributed by atoms with Crippen molar-refractivity contribution in [2.24, 2.45) is 17.6 Å². The van der Waals surface area contributed by atoms with Crippen molar-refractivity contribution in [3.63, 3.8) is 0 Å². The fourth-order valence-corrected chi connectivity index (χ4v) is 2.38. The zero-order valence-corrected chi connectivity index (χ0v) is 8.55. The van der Waals surface area contributed by atoms with Crippen molar-refractivity contribution in [1.29, 1.82) is 0 Å². The van der Waals surface area contributed by atoms with Crippen molar-refractivity contribution < 1.29 is 0 Å². The van der Waals surface area contributed by atoms with Crippen LogP contribution < -0.4 is 5.73 Å². The molecule has 12 heavy (non-hydrogen) atoms. The highest BCUT2D eigenvalue weighted by Crippen LogP contribution is 2.29. The quantitative estimate of drug-likeness (QED) is 0.688. The van der Waals surface area contributed by atoms with E-state index in [0.717, 1.165) is 11.8 Å². The molecular weight excluding hydrogens is 146 g/mol. The summed E-state index contributed by atoms with van der Waals surface area (Å²) in [5, 5.41) is 0. The first-order chi connectivity index (χ1) is 5.68. The zero-order valence-electron chi connectivity index (χ0n) is 8.55. The molecule has 0 aromatic heterocycles. The smallest absolute Gasteiger partial charge is 0.00439 e. The Labute approximate surface area is 76.7 Å². The van der Waals surface area contributed by atoms with Gasteiger partial charge in [-0.15, -0.1) is 0 Å². The molecule has 72 valence electrons.